The molecule has 280 valence electrons. The molecule has 0 spiro atoms. The predicted octanol–water partition coefficient (Wildman–Crippen LogP) is 16.1. The van der Waals surface area contributed by atoms with Crippen molar-refractivity contribution < 1.29 is 0 Å². The van der Waals surface area contributed by atoms with Crippen LogP contribution < -0.4 is 4.90 Å². The van der Waals surface area contributed by atoms with Crippen molar-refractivity contribution in [3.05, 3.63) is 231 Å². The maximum absolute atomic E-state index is 2.41. The average Bonchev–Trinajstić information content (AvgIpc) is 3.83. The van der Waals surface area contributed by atoms with E-state index in [1.807, 2.05) is 0 Å². The van der Waals surface area contributed by atoms with Crippen LogP contribution in [0.2, 0.25) is 0 Å². The molecule has 1 heterocycles. The average molecular weight is 763 g/mol. The van der Waals surface area contributed by atoms with Crippen LogP contribution in [0.5, 0.6) is 0 Å². The molecule has 0 fully saturated rings. The second kappa shape index (κ2) is 13.9. The van der Waals surface area contributed by atoms with Crippen molar-refractivity contribution in [3.63, 3.8) is 0 Å². The summed E-state index contributed by atoms with van der Waals surface area (Å²) in [6.45, 7) is 0. The van der Waals surface area contributed by atoms with Crippen molar-refractivity contribution in [2.75, 3.05) is 4.90 Å². The Morgan fingerprint density at radius 3 is 1.47 bits per heavy atom. The van der Waals surface area contributed by atoms with Crippen LogP contribution >= 0.6 is 0 Å². The second-order valence-corrected chi connectivity index (χ2v) is 15.7. The first-order chi connectivity index (χ1) is 29.8. The molecule has 11 aromatic rings. The molecule has 2 heteroatoms. The molecule has 0 radical (unpaired) electrons. The molecule has 0 unspecified atom stereocenters. The van der Waals surface area contributed by atoms with Crippen LogP contribution in [0.1, 0.15) is 0 Å². The van der Waals surface area contributed by atoms with Gasteiger partial charge in [-0.1, -0.05) is 170 Å². The smallest absolute Gasteiger partial charge is 0.0541 e. The van der Waals surface area contributed by atoms with Crippen LogP contribution in [0.15, 0.2) is 231 Å². The fourth-order valence-electron chi connectivity index (χ4n) is 9.58. The van der Waals surface area contributed by atoms with E-state index in [0.29, 0.717) is 0 Å². The predicted molar refractivity (Wildman–Crippen MR) is 254 cm³/mol. The number of fused-ring (bicyclic) bond motifs is 6. The fourth-order valence-corrected chi connectivity index (χ4v) is 9.58. The summed E-state index contributed by atoms with van der Waals surface area (Å²) in [7, 11) is 0. The van der Waals surface area contributed by atoms with Gasteiger partial charge in [-0.15, -0.1) is 0 Å². The maximum atomic E-state index is 2.41. The van der Waals surface area contributed by atoms with Crippen LogP contribution in [0, 0.1) is 0 Å². The minimum atomic E-state index is 1.10. The van der Waals surface area contributed by atoms with Crippen molar-refractivity contribution in [1.29, 1.82) is 0 Å². The standard InChI is InChI=1S/C58H38N2/c1-3-14-39(15-4-1)40-26-30-44(31-27-40)59(47-36-43-18-13-23-53-49-19-7-8-20-50(49)55(38-47)58(43)53)45-32-28-42(29-33-45)54-37-46(34-35-48(54)41-16-5-2-6-17-41)60-56-24-11-9-21-51(56)52-22-10-12-25-57(52)60/h1-38H. The Morgan fingerprint density at radius 2 is 0.800 bits per heavy atom. The molecule has 0 N–H and O–H groups in total. The lowest BCUT2D eigenvalue weighted by Crippen LogP contribution is -2.10. The maximum Gasteiger partial charge on any atom is 0.0541 e. The van der Waals surface area contributed by atoms with E-state index in [-0.39, 0.29) is 0 Å². The third-order valence-electron chi connectivity index (χ3n) is 12.3. The van der Waals surface area contributed by atoms with Crippen molar-refractivity contribution in [3.8, 4) is 61.3 Å². The Labute approximate surface area is 349 Å². The molecule has 0 aliphatic heterocycles. The lowest BCUT2D eigenvalue weighted by molar-refractivity contribution is 1.18. The quantitative estimate of drug-likeness (QED) is 0.157. The molecular formula is C58H38N2. The first-order valence-electron chi connectivity index (χ1n) is 20.7. The van der Waals surface area contributed by atoms with Gasteiger partial charge in [0.05, 0.1) is 11.0 Å². The van der Waals surface area contributed by atoms with E-state index >= 15 is 0 Å². The molecule has 2 nitrogen and oxygen atoms in total. The summed E-state index contributed by atoms with van der Waals surface area (Å²) in [6.07, 6.45) is 0. The van der Waals surface area contributed by atoms with Crippen molar-refractivity contribution in [1.82, 2.24) is 4.57 Å². The lowest BCUT2D eigenvalue weighted by atomic mass is 9.93. The van der Waals surface area contributed by atoms with Gasteiger partial charge in [0, 0.05) is 33.5 Å². The Morgan fingerprint density at radius 1 is 0.283 bits per heavy atom. The molecule has 0 atom stereocenters. The van der Waals surface area contributed by atoms with Crippen LogP contribution in [-0.4, -0.2) is 4.57 Å². The largest absolute Gasteiger partial charge is 0.310 e. The number of aromatic nitrogens is 1. The first kappa shape index (κ1) is 34.1. The molecule has 0 saturated heterocycles. The fraction of sp³-hybridized carbons (Fsp3) is 0. The third-order valence-corrected chi connectivity index (χ3v) is 12.3. The van der Waals surface area contributed by atoms with E-state index in [2.05, 4.69) is 240 Å². The summed E-state index contributed by atoms with van der Waals surface area (Å²) in [5.74, 6) is 0. The highest BCUT2D eigenvalue weighted by Gasteiger charge is 2.24. The Kier molecular flexibility index (Phi) is 7.89. The lowest BCUT2D eigenvalue weighted by Gasteiger charge is -2.27. The molecule has 0 bridgehead atoms. The molecule has 10 aromatic carbocycles. The Balaban J connectivity index is 1.02. The molecule has 12 rings (SSSR count). The van der Waals surface area contributed by atoms with Gasteiger partial charge in [0.1, 0.15) is 0 Å². The normalized spacial score (nSPS) is 11.7. The molecular weight excluding hydrogens is 725 g/mol. The highest BCUT2D eigenvalue weighted by atomic mass is 15.1. The van der Waals surface area contributed by atoms with Gasteiger partial charge in [-0.3, -0.25) is 0 Å². The van der Waals surface area contributed by atoms with E-state index in [9.17, 15) is 0 Å². The van der Waals surface area contributed by atoms with Gasteiger partial charge in [0.15, 0.2) is 0 Å². The Bertz CT molecular complexity index is 3340. The SMILES string of the molecule is c1ccc(-c2ccc(N(c3ccc(-c4cc(-n5c6ccccc6c6ccccc65)ccc4-c4ccccc4)cc3)c3cc4c5c(cccc5c3)-c3ccccc3-4)cc2)cc1. The monoisotopic (exact) mass is 762 g/mol. The Hall–Kier alpha value is -7.94. The summed E-state index contributed by atoms with van der Waals surface area (Å²) in [5.41, 5.74) is 19.2. The van der Waals surface area contributed by atoms with Crippen LogP contribution in [0.3, 0.4) is 0 Å². The number of rotatable bonds is 7. The summed E-state index contributed by atoms with van der Waals surface area (Å²) < 4.78 is 2.41. The van der Waals surface area contributed by atoms with E-state index in [1.54, 1.807) is 0 Å². The molecule has 1 aliphatic carbocycles. The number of benzene rings is 10. The third kappa shape index (κ3) is 5.50. The van der Waals surface area contributed by atoms with E-state index in [0.717, 1.165) is 28.3 Å². The second-order valence-electron chi connectivity index (χ2n) is 15.7. The van der Waals surface area contributed by atoms with E-state index in [1.165, 1.54) is 82.6 Å². The number of hydrogen-bond acceptors (Lipinski definition) is 1. The number of nitrogens with zero attached hydrogens (tertiary/aromatic N) is 2. The molecule has 0 amide bonds. The zero-order chi connectivity index (χ0) is 39.6. The van der Waals surface area contributed by atoms with Gasteiger partial charge in [0.25, 0.3) is 0 Å². The van der Waals surface area contributed by atoms with Crippen LogP contribution in [0.25, 0.3) is 93.9 Å². The number of anilines is 3. The summed E-state index contributed by atoms with van der Waals surface area (Å²) in [4.78, 5) is 2.41. The highest BCUT2D eigenvalue weighted by molar-refractivity contribution is 6.16. The van der Waals surface area contributed by atoms with Gasteiger partial charge in [-0.25, -0.2) is 0 Å². The van der Waals surface area contributed by atoms with Gasteiger partial charge >= 0.3 is 0 Å². The van der Waals surface area contributed by atoms with Gasteiger partial charge < -0.3 is 9.47 Å². The topological polar surface area (TPSA) is 8.17 Å². The van der Waals surface area contributed by atoms with Crippen LogP contribution in [0.4, 0.5) is 17.1 Å². The van der Waals surface area contributed by atoms with Crippen LogP contribution in [-0.2, 0) is 0 Å². The first-order valence-corrected chi connectivity index (χ1v) is 20.7. The molecule has 0 saturated carbocycles. The summed E-state index contributed by atoms with van der Waals surface area (Å²) >= 11 is 0. The number of para-hydroxylation sites is 2. The van der Waals surface area contributed by atoms with Gasteiger partial charge in [-0.2, -0.15) is 0 Å². The van der Waals surface area contributed by atoms with Gasteiger partial charge in [-0.05, 0) is 127 Å². The van der Waals surface area contributed by atoms with Crippen molar-refractivity contribution in [2.45, 2.75) is 0 Å². The molecule has 1 aliphatic rings. The van der Waals surface area contributed by atoms with E-state index < -0.39 is 0 Å². The minimum Gasteiger partial charge on any atom is -0.310 e. The van der Waals surface area contributed by atoms with E-state index in [4.69, 9.17) is 0 Å². The number of hydrogen-bond donors (Lipinski definition) is 0. The zero-order valence-corrected chi connectivity index (χ0v) is 32.8. The van der Waals surface area contributed by atoms with Crippen molar-refractivity contribution in [2.24, 2.45) is 0 Å². The molecule has 1 aromatic heterocycles. The minimum absolute atomic E-state index is 1.10. The van der Waals surface area contributed by atoms with Crippen molar-refractivity contribution >= 4 is 49.6 Å². The summed E-state index contributed by atoms with van der Waals surface area (Å²) in [5, 5.41) is 5.09. The molecule has 60 heavy (non-hydrogen) atoms. The highest BCUT2D eigenvalue weighted by Crippen LogP contribution is 2.50. The summed E-state index contributed by atoms with van der Waals surface area (Å²) in [6, 6.07) is 84.2. The van der Waals surface area contributed by atoms with Gasteiger partial charge in [0.2, 0.25) is 0 Å². The zero-order valence-electron chi connectivity index (χ0n) is 32.8.